The molecular weight excluding hydrogens is 300 g/mol. The van der Waals surface area contributed by atoms with E-state index in [1.165, 1.54) is 0 Å². The van der Waals surface area contributed by atoms with Gasteiger partial charge in [-0.3, -0.25) is 4.79 Å². The zero-order valence-corrected chi connectivity index (χ0v) is 13.9. The molecule has 0 aliphatic heterocycles. The Balaban J connectivity index is 0.00000242. The van der Waals surface area contributed by atoms with Gasteiger partial charge in [-0.25, -0.2) is 4.68 Å². The number of hydrogen-bond acceptors (Lipinski definition) is 3. The number of amides is 1. The van der Waals surface area contributed by atoms with E-state index in [1.54, 1.807) is 10.9 Å². The van der Waals surface area contributed by atoms with Crippen LogP contribution in [0, 0.1) is 5.41 Å². The minimum absolute atomic E-state index is 0. The van der Waals surface area contributed by atoms with Crippen molar-refractivity contribution >= 4 is 18.3 Å². The van der Waals surface area contributed by atoms with Gasteiger partial charge < -0.3 is 11.1 Å². The van der Waals surface area contributed by atoms with Crippen molar-refractivity contribution in [2.24, 2.45) is 11.1 Å². The Morgan fingerprint density at radius 3 is 2.59 bits per heavy atom. The lowest BCUT2D eigenvalue weighted by molar-refractivity contribution is -0.124. The van der Waals surface area contributed by atoms with E-state index >= 15 is 0 Å². The highest BCUT2D eigenvalue weighted by Crippen LogP contribution is 2.18. The molecule has 0 aliphatic rings. The first-order valence-corrected chi connectivity index (χ1v) is 7.01. The number of nitrogens with one attached hydrogen (secondary N) is 1. The van der Waals surface area contributed by atoms with Gasteiger partial charge in [-0.2, -0.15) is 5.10 Å². The molecule has 2 rings (SSSR count). The number of nitrogens with zero attached hydrogens (tertiary/aromatic N) is 2. The molecule has 0 saturated heterocycles. The maximum atomic E-state index is 12.1. The van der Waals surface area contributed by atoms with Crippen LogP contribution in [-0.2, 0) is 11.3 Å². The Morgan fingerprint density at radius 1 is 1.32 bits per heavy atom. The van der Waals surface area contributed by atoms with Crippen LogP contribution in [0.3, 0.4) is 0 Å². The van der Waals surface area contributed by atoms with Gasteiger partial charge in [0.2, 0.25) is 5.91 Å². The number of carbonyl (C=O) groups excluding carboxylic acids is 1. The first kappa shape index (κ1) is 18.2. The fraction of sp³-hybridized carbons (Fsp3) is 0.375. The molecule has 1 amide bonds. The van der Waals surface area contributed by atoms with E-state index < -0.39 is 6.04 Å². The summed E-state index contributed by atoms with van der Waals surface area (Å²) in [4.78, 5) is 12.1. The molecule has 0 fully saturated rings. The smallest absolute Gasteiger partial charge is 0.237 e. The van der Waals surface area contributed by atoms with E-state index in [1.807, 2.05) is 57.3 Å². The number of rotatable bonds is 4. The van der Waals surface area contributed by atoms with Gasteiger partial charge in [0, 0.05) is 18.9 Å². The molecular formula is C16H23ClN4O. The lowest BCUT2D eigenvalue weighted by Gasteiger charge is -2.26. The Morgan fingerprint density at radius 2 is 2.00 bits per heavy atom. The number of carbonyl (C=O) groups is 1. The van der Waals surface area contributed by atoms with E-state index in [2.05, 4.69) is 10.4 Å². The van der Waals surface area contributed by atoms with E-state index in [9.17, 15) is 4.79 Å². The Hall–Kier alpha value is -1.85. The molecule has 3 N–H and O–H groups in total. The largest absolute Gasteiger partial charge is 0.351 e. The molecule has 2 aromatic rings. The second kappa shape index (κ2) is 7.42. The van der Waals surface area contributed by atoms with Crippen molar-refractivity contribution in [3.8, 4) is 5.69 Å². The second-order valence-electron chi connectivity index (χ2n) is 6.14. The third-order valence-corrected chi connectivity index (χ3v) is 3.41. The average Bonchev–Trinajstić information content (AvgIpc) is 2.97. The monoisotopic (exact) mass is 322 g/mol. The molecule has 1 heterocycles. The summed E-state index contributed by atoms with van der Waals surface area (Å²) in [5, 5.41) is 7.13. The Labute approximate surface area is 137 Å². The molecule has 6 heteroatoms. The Kier molecular flexibility index (Phi) is 6.14. The van der Waals surface area contributed by atoms with Crippen LogP contribution in [0.5, 0.6) is 0 Å². The molecule has 0 spiro atoms. The van der Waals surface area contributed by atoms with Crippen molar-refractivity contribution in [2.75, 3.05) is 0 Å². The fourth-order valence-corrected chi connectivity index (χ4v) is 1.98. The third-order valence-electron chi connectivity index (χ3n) is 3.41. The van der Waals surface area contributed by atoms with Crippen molar-refractivity contribution in [3.63, 3.8) is 0 Å². The predicted octanol–water partition coefficient (Wildman–Crippen LogP) is 2.28. The quantitative estimate of drug-likeness (QED) is 0.907. The number of aromatic nitrogens is 2. The molecule has 0 unspecified atom stereocenters. The van der Waals surface area contributed by atoms with E-state index in [-0.39, 0.29) is 23.7 Å². The van der Waals surface area contributed by atoms with Crippen LogP contribution in [0.1, 0.15) is 26.3 Å². The zero-order valence-electron chi connectivity index (χ0n) is 13.1. The number of benzene rings is 1. The van der Waals surface area contributed by atoms with E-state index in [4.69, 9.17) is 5.73 Å². The molecule has 22 heavy (non-hydrogen) atoms. The number of para-hydroxylation sites is 1. The maximum absolute atomic E-state index is 12.1. The van der Waals surface area contributed by atoms with Crippen LogP contribution in [0.25, 0.3) is 5.69 Å². The van der Waals surface area contributed by atoms with Gasteiger partial charge in [0.25, 0.3) is 0 Å². The molecule has 1 atom stereocenters. The summed E-state index contributed by atoms with van der Waals surface area (Å²) in [5.41, 5.74) is 7.65. The van der Waals surface area contributed by atoms with Crippen molar-refractivity contribution in [2.45, 2.75) is 33.4 Å². The SMILES string of the molecule is CC(C)(C)[C@H](N)C(=O)NCc1ccccc1-n1cccn1.Cl. The highest BCUT2D eigenvalue weighted by atomic mass is 35.5. The van der Waals surface area contributed by atoms with Crippen LogP contribution < -0.4 is 11.1 Å². The molecule has 0 bridgehead atoms. The van der Waals surface area contributed by atoms with Gasteiger partial charge in [-0.1, -0.05) is 39.0 Å². The summed E-state index contributed by atoms with van der Waals surface area (Å²) in [6, 6.07) is 9.17. The third kappa shape index (κ3) is 4.32. The minimum Gasteiger partial charge on any atom is -0.351 e. The normalized spacial score (nSPS) is 12.4. The van der Waals surface area contributed by atoms with Gasteiger partial charge in [0.15, 0.2) is 0 Å². The lowest BCUT2D eigenvalue weighted by atomic mass is 9.87. The average molecular weight is 323 g/mol. The highest BCUT2D eigenvalue weighted by Gasteiger charge is 2.27. The molecule has 1 aromatic heterocycles. The first-order valence-electron chi connectivity index (χ1n) is 7.01. The van der Waals surface area contributed by atoms with Crippen LogP contribution in [0.15, 0.2) is 42.7 Å². The molecule has 5 nitrogen and oxygen atoms in total. The van der Waals surface area contributed by atoms with Gasteiger partial charge >= 0.3 is 0 Å². The summed E-state index contributed by atoms with van der Waals surface area (Å²) < 4.78 is 1.78. The number of hydrogen-bond donors (Lipinski definition) is 2. The van der Waals surface area contributed by atoms with Crippen molar-refractivity contribution in [1.29, 1.82) is 0 Å². The predicted molar refractivity (Wildman–Crippen MR) is 90.1 cm³/mol. The Bertz CT molecular complexity index is 605. The van der Waals surface area contributed by atoms with E-state index in [0.29, 0.717) is 6.54 Å². The van der Waals surface area contributed by atoms with Crippen molar-refractivity contribution < 1.29 is 4.79 Å². The van der Waals surface area contributed by atoms with Crippen LogP contribution >= 0.6 is 12.4 Å². The second-order valence-corrected chi connectivity index (χ2v) is 6.14. The van der Waals surface area contributed by atoms with Crippen LogP contribution in [-0.4, -0.2) is 21.7 Å². The summed E-state index contributed by atoms with van der Waals surface area (Å²) in [5.74, 6) is -0.141. The molecule has 0 radical (unpaired) electrons. The van der Waals surface area contributed by atoms with Gasteiger partial charge in [-0.15, -0.1) is 12.4 Å². The fourth-order valence-electron chi connectivity index (χ4n) is 1.98. The maximum Gasteiger partial charge on any atom is 0.237 e. The standard InChI is InChI=1S/C16H22N4O.ClH/c1-16(2,3)14(17)15(21)18-11-12-7-4-5-8-13(12)20-10-6-9-19-20;/h4-10,14H,11,17H2,1-3H3,(H,18,21);1H/t14-;/m1./s1. The van der Waals surface area contributed by atoms with Gasteiger partial charge in [0.05, 0.1) is 11.7 Å². The zero-order chi connectivity index (χ0) is 15.5. The highest BCUT2D eigenvalue weighted by molar-refractivity contribution is 5.85. The van der Waals surface area contributed by atoms with Crippen LogP contribution in [0.4, 0.5) is 0 Å². The summed E-state index contributed by atoms with van der Waals surface area (Å²) in [7, 11) is 0. The summed E-state index contributed by atoms with van der Waals surface area (Å²) in [6.07, 6.45) is 3.60. The van der Waals surface area contributed by atoms with Crippen molar-refractivity contribution in [3.05, 3.63) is 48.3 Å². The molecule has 1 aromatic carbocycles. The minimum atomic E-state index is -0.533. The topological polar surface area (TPSA) is 72.9 Å². The number of nitrogens with two attached hydrogens (primary N) is 1. The number of halogens is 1. The van der Waals surface area contributed by atoms with Crippen molar-refractivity contribution in [1.82, 2.24) is 15.1 Å². The molecule has 0 saturated carbocycles. The molecule has 0 aliphatic carbocycles. The van der Waals surface area contributed by atoms with Gasteiger partial charge in [0.1, 0.15) is 0 Å². The molecule has 120 valence electrons. The summed E-state index contributed by atoms with van der Waals surface area (Å²) in [6.45, 7) is 6.29. The first-order chi connectivity index (χ1) is 9.89. The van der Waals surface area contributed by atoms with Crippen LogP contribution in [0.2, 0.25) is 0 Å². The van der Waals surface area contributed by atoms with E-state index in [0.717, 1.165) is 11.3 Å². The lowest BCUT2D eigenvalue weighted by Crippen LogP contribution is -2.48. The van der Waals surface area contributed by atoms with Gasteiger partial charge in [-0.05, 0) is 23.1 Å². The summed E-state index contributed by atoms with van der Waals surface area (Å²) >= 11 is 0.